The van der Waals surface area contributed by atoms with E-state index in [1.807, 2.05) is 0 Å². The maximum Gasteiger partial charge on any atom is 0.329 e. The van der Waals surface area contributed by atoms with E-state index in [-0.39, 0.29) is 17.5 Å². The van der Waals surface area contributed by atoms with Gasteiger partial charge in [0.25, 0.3) is 0 Å². The summed E-state index contributed by atoms with van der Waals surface area (Å²) in [5.74, 6) is 6.14. The third-order valence-corrected chi connectivity index (χ3v) is 2.48. The second-order valence-corrected chi connectivity index (χ2v) is 4.41. The number of rotatable bonds is 6. The van der Waals surface area contributed by atoms with Gasteiger partial charge < -0.3 is 4.90 Å². The van der Waals surface area contributed by atoms with Crippen molar-refractivity contribution in [3.63, 3.8) is 0 Å². The van der Waals surface area contributed by atoms with Gasteiger partial charge >= 0.3 is 5.69 Å². The Balaban J connectivity index is 2.99. The first-order valence-corrected chi connectivity index (χ1v) is 5.65. The normalized spacial score (nSPS) is 10.5. The summed E-state index contributed by atoms with van der Waals surface area (Å²) in [5.41, 5.74) is 2.16. The van der Waals surface area contributed by atoms with Crippen molar-refractivity contribution >= 4 is 17.5 Å². The largest absolute Gasteiger partial charge is 0.354 e. The number of nitrogens with two attached hydrogens (primary N) is 1. The first-order chi connectivity index (χ1) is 8.45. The van der Waals surface area contributed by atoms with Gasteiger partial charge in [0, 0.05) is 13.6 Å². The topological polar surface area (TPSA) is 110 Å². The highest BCUT2D eigenvalue weighted by molar-refractivity contribution is 5.58. The molecule has 18 heavy (non-hydrogen) atoms. The molecule has 0 radical (unpaired) electrons. The monoisotopic (exact) mass is 254 g/mol. The Hall–Kier alpha value is -1.96. The molecule has 0 aromatic carbocycles. The fourth-order valence-electron chi connectivity index (χ4n) is 1.40. The molecule has 1 rings (SSSR count). The molecule has 1 aromatic heterocycles. The summed E-state index contributed by atoms with van der Waals surface area (Å²) in [6, 6.07) is 0. The highest BCUT2D eigenvalue weighted by Gasteiger charge is 2.20. The molecule has 0 saturated heterocycles. The fraction of sp³-hybridized carbons (Fsp3) is 0.600. The molecular formula is C10H18N6O2. The van der Waals surface area contributed by atoms with E-state index in [0.29, 0.717) is 12.5 Å². The minimum Gasteiger partial charge on any atom is -0.354 e. The highest BCUT2D eigenvalue weighted by Crippen LogP contribution is 2.25. The lowest BCUT2D eigenvalue weighted by Crippen LogP contribution is -2.23. The van der Waals surface area contributed by atoms with Crippen LogP contribution in [0.15, 0.2) is 6.20 Å². The number of hydrazine groups is 1. The number of aromatic nitrogens is 2. The van der Waals surface area contributed by atoms with E-state index < -0.39 is 4.92 Å². The Kier molecular flexibility index (Phi) is 4.78. The lowest BCUT2D eigenvalue weighted by molar-refractivity contribution is -0.384. The van der Waals surface area contributed by atoms with Crippen LogP contribution >= 0.6 is 0 Å². The Labute approximate surface area is 105 Å². The van der Waals surface area contributed by atoms with Crippen molar-refractivity contribution in [1.82, 2.24) is 9.97 Å². The Morgan fingerprint density at radius 1 is 1.61 bits per heavy atom. The predicted molar refractivity (Wildman–Crippen MR) is 69.2 cm³/mol. The number of hydrogen-bond donors (Lipinski definition) is 2. The number of nitrogens with zero attached hydrogens (tertiary/aromatic N) is 4. The fourth-order valence-corrected chi connectivity index (χ4v) is 1.40. The molecule has 0 spiro atoms. The Morgan fingerprint density at radius 3 is 2.78 bits per heavy atom. The predicted octanol–water partition coefficient (Wildman–Crippen LogP) is 1.15. The molecule has 3 N–H and O–H groups in total. The molecule has 0 aliphatic heterocycles. The van der Waals surface area contributed by atoms with E-state index in [2.05, 4.69) is 29.2 Å². The molecule has 0 fully saturated rings. The zero-order valence-corrected chi connectivity index (χ0v) is 10.8. The minimum atomic E-state index is -0.499. The van der Waals surface area contributed by atoms with E-state index in [1.54, 1.807) is 11.9 Å². The van der Waals surface area contributed by atoms with Crippen LogP contribution in [0.2, 0.25) is 0 Å². The summed E-state index contributed by atoms with van der Waals surface area (Å²) in [4.78, 5) is 19.9. The maximum absolute atomic E-state index is 10.9. The van der Waals surface area contributed by atoms with Crippen molar-refractivity contribution in [2.75, 3.05) is 23.9 Å². The van der Waals surface area contributed by atoms with E-state index in [0.717, 1.165) is 12.6 Å². The van der Waals surface area contributed by atoms with Gasteiger partial charge in [-0.05, 0) is 12.3 Å². The van der Waals surface area contributed by atoms with Crippen molar-refractivity contribution in [3.05, 3.63) is 16.3 Å². The van der Waals surface area contributed by atoms with Gasteiger partial charge in [-0.15, -0.1) is 0 Å². The van der Waals surface area contributed by atoms with Crippen molar-refractivity contribution in [2.45, 2.75) is 20.3 Å². The SMILES string of the molecule is CC(C)CCN(C)c1nc(NN)ncc1[N+](=O)[O-]. The summed E-state index contributed by atoms with van der Waals surface area (Å²) < 4.78 is 0. The summed E-state index contributed by atoms with van der Waals surface area (Å²) in [5, 5.41) is 10.9. The van der Waals surface area contributed by atoms with Crippen LogP contribution in [0.3, 0.4) is 0 Å². The first-order valence-electron chi connectivity index (χ1n) is 5.65. The number of nitrogen functional groups attached to an aromatic ring is 1. The smallest absolute Gasteiger partial charge is 0.329 e. The lowest BCUT2D eigenvalue weighted by atomic mass is 10.1. The average Bonchev–Trinajstić information content (AvgIpc) is 2.34. The van der Waals surface area contributed by atoms with Gasteiger partial charge in [0.15, 0.2) is 0 Å². The second-order valence-electron chi connectivity index (χ2n) is 4.41. The van der Waals surface area contributed by atoms with Crippen LogP contribution in [0, 0.1) is 16.0 Å². The van der Waals surface area contributed by atoms with Gasteiger partial charge in [-0.2, -0.15) is 4.98 Å². The maximum atomic E-state index is 10.9. The zero-order valence-electron chi connectivity index (χ0n) is 10.8. The van der Waals surface area contributed by atoms with Crippen LogP contribution in [0.5, 0.6) is 0 Å². The van der Waals surface area contributed by atoms with Crippen LogP contribution in [0.25, 0.3) is 0 Å². The molecule has 1 heterocycles. The minimum absolute atomic E-state index is 0.125. The van der Waals surface area contributed by atoms with Gasteiger partial charge in [0.1, 0.15) is 6.20 Å². The summed E-state index contributed by atoms with van der Waals surface area (Å²) in [6.07, 6.45) is 2.08. The van der Waals surface area contributed by atoms with Crippen LogP contribution in [-0.4, -0.2) is 28.5 Å². The van der Waals surface area contributed by atoms with E-state index in [4.69, 9.17) is 5.84 Å². The first kappa shape index (κ1) is 14.1. The molecular weight excluding hydrogens is 236 g/mol. The molecule has 8 heteroatoms. The van der Waals surface area contributed by atoms with Crippen LogP contribution in [-0.2, 0) is 0 Å². The van der Waals surface area contributed by atoms with Crippen molar-refractivity contribution in [2.24, 2.45) is 11.8 Å². The molecule has 1 aromatic rings. The molecule has 8 nitrogen and oxygen atoms in total. The van der Waals surface area contributed by atoms with Crippen molar-refractivity contribution in [3.8, 4) is 0 Å². The second kappa shape index (κ2) is 6.10. The molecule has 0 atom stereocenters. The lowest BCUT2D eigenvalue weighted by Gasteiger charge is -2.19. The molecule has 0 aliphatic carbocycles. The van der Waals surface area contributed by atoms with Gasteiger partial charge in [0.05, 0.1) is 4.92 Å². The van der Waals surface area contributed by atoms with Gasteiger partial charge in [-0.25, -0.2) is 10.8 Å². The summed E-state index contributed by atoms with van der Waals surface area (Å²) >= 11 is 0. The van der Waals surface area contributed by atoms with Gasteiger partial charge in [-0.3, -0.25) is 15.5 Å². The number of anilines is 2. The van der Waals surface area contributed by atoms with Crippen LogP contribution < -0.4 is 16.2 Å². The zero-order chi connectivity index (χ0) is 13.7. The standard InChI is InChI=1S/C10H18N6O2/c1-7(2)4-5-15(3)9-8(16(17)18)6-12-10(13-9)14-11/h6-7H,4-5,11H2,1-3H3,(H,12,13,14). The van der Waals surface area contributed by atoms with Gasteiger partial charge in [-0.1, -0.05) is 13.8 Å². The Bertz CT molecular complexity index is 423. The summed E-state index contributed by atoms with van der Waals surface area (Å²) in [7, 11) is 1.76. The molecule has 0 bridgehead atoms. The number of nitrogens with one attached hydrogen (secondary N) is 1. The number of nitro groups is 1. The molecule has 0 aliphatic rings. The summed E-state index contributed by atoms with van der Waals surface area (Å²) in [6.45, 7) is 4.86. The third-order valence-electron chi connectivity index (χ3n) is 2.48. The highest BCUT2D eigenvalue weighted by atomic mass is 16.6. The number of hydrogen-bond acceptors (Lipinski definition) is 7. The Morgan fingerprint density at radius 2 is 2.28 bits per heavy atom. The van der Waals surface area contributed by atoms with Crippen LogP contribution in [0.4, 0.5) is 17.5 Å². The third kappa shape index (κ3) is 3.52. The van der Waals surface area contributed by atoms with E-state index >= 15 is 0 Å². The molecule has 0 amide bonds. The average molecular weight is 254 g/mol. The van der Waals surface area contributed by atoms with Crippen molar-refractivity contribution in [1.29, 1.82) is 0 Å². The quantitative estimate of drug-likeness (QED) is 0.445. The molecule has 0 unspecified atom stereocenters. The van der Waals surface area contributed by atoms with E-state index in [9.17, 15) is 10.1 Å². The van der Waals surface area contributed by atoms with E-state index in [1.165, 1.54) is 0 Å². The molecule has 0 saturated carbocycles. The van der Waals surface area contributed by atoms with Crippen LogP contribution in [0.1, 0.15) is 20.3 Å². The molecule has 100 valence electrons. The van der Waals surface area contributed by atoms with Crippen molar-refractivity contribution < 1.29 is 4.92 Å². The van der Waals surface area contributed by atoms with Gasteiger partial charge in [0.2, 0.25) is 11.8 Å².